The van der Waals surface area contributed by atoms with Gasteiger partial charge in [-0.05, 0) is 38.0 Å². The number of allylic oxidation sites excluding steroid dienone is 1. The fourth-order valence-corrected chi connectivity index (χ4v) is 1.99. The van der Waals surface area contributed by atoms with E-state index in [1.807, 2.05) is 13.0 Å². The summed E-state index contributed by atoms with van der Waals surface area (Å²) >= 11 is 0. The maximum atomic E-state index is 13.1. The van der Waals surface area contributed by atoms with E-state index in [9.17, 15) is 4.39 Å². The zero-order valence-corrected chi connectivity index (χ0v) is 9.87. The van der Waals surface area contributed by atoms with Gasteiger partial charge in [-0.1, -0.05) is 6.08 Å². The van der Waals surface area contributed by atoms with E-state index >= 15 is 0 Å². The lowest BCUT2D eigenvalue weighted by atomic mass is 10.0. The summed E-state index contributed by atoms with van der Waals surface area (Å²) in [6.45, 7) is 5.58. The Labute approximate surface area is 99.9 Å². The molecule has 90 valence electrons. The molecule has 0 aliphatic carbocycles. The molecule has 2 rings (SSSR count). The molecule has 0 bridgehead atoms. The van der Waals surface area contributed by atoms with Crippen molar-refractivity contribution in [3.8, 4) is 0 Å². The second-order valence-electron chi connectivity index (χ2n) is 4.20. The van der Waals surface area contributed by atoms with Gasteiger partial charge in [-0.25, -0.2) is 4.39 Å². The number of halogens is 1. The topological polar surface area (TPSA) is 39.2 Å². The Morgan fingerprint density at radius 3 is 3.00 bits per heavy atom. The van der Waals surface area contributed by atoms with E-state index < -0.39 is 0 Å². The van der Waals surface area contributed by atoms with Gasteiger partial charge in [0.1, 0.15) is 17.2 Å². The van der Waals surface area contributed by atoms with Crippen molar-refractivity contribution in [2.24, 2.45) is 5.73 Å². The number of fused-ring (bicyclic) bond motifs is 1. The van der Waals surface area contributed by atoms with Gasteiger partial charge in [-0.2, -0.15) is 0 Å². The van der Waals surface area contributed by atoms with Crippen LogP contribution in [0.5, 0.6) is 0 Å². The Kier molecular flexibility index (Phi) is 3.29. The van der Waals surface area contributed by atoms with Crippen LogP contribution in [0.2, 0.25) is 0 Å². The van der Waals surface area contributed by atoms with Crippen LogP contribution in [0.15, 0.2) is 35.3 Å². The first-order chi connectivity index (χ1) is 8.13. The molecule has 1 atom stereocenters. The van der Waals surface area contributed by atoms with Gasteiger partial charge in [0.15, 0.2) is 0 Å². The Morgan fingerprint density at radius 1 is 1.53 bits per heavy atom. The van der Waals surface area contributed by atoms with E-state index in [-0.39, 0.29) is 11.9 Å². The number of benzene rings is 1. The highest BCUT2D eigenvalue weighted by Gasteiger charge is 2.16. The Balaban J connectivity index is 2.41. The van der Waals surface area contributed by atoms with Crippen molar-refractivity contribution in [1.82, 2.24) is 0 Å². The lowest BCUT2D eigenvalue weighted by Crippen LogP contribution is -2.09. The molecule has 17 heavy (non-hydrogen) atoms. The molecule has 0 spiro atoms. The highest BCUT2D eigenvalue weighted by molar-refractivity contribution is 5.82. The van der Waals surface area contributed by atoms with Crippen LogP contribution in [0.3, 0.4) is 0 Å². The van der Waals surface area contributed by atoms with E-state index in [0.717, 1.165) is 29.6 Å². The molecule has 0 amide bonds. The van der Waals surface area contributed by atoms with E-state index in [0.29, 0.717) is 5.58 Å². The summed E-state index contributed by atoms with van der Waals surface area (Å²) in [5.41, 5.74) is 7.66. The predicted molar refractivity (Wildman–Crippen MR) is 67.3 cm³/mol. The van der Waals surface area contributed by atoms with Gasteiger partial charge < -0.3 is 10.2 Å². The molecule has 1 aromatic carbocycles. The molecule has 0 fully saturated rings. The molecule has 0 radical (unpaired) electrons. The second-order valence-corrected chi connectivity index (χ2v) is 4.20. The van der Waals surface area contributed by atoms with E-state index in [1.54, 1.807) is 6.07 Å². The van der Waals surface area contributed by atoms with Crippen LogP contribution in [-0.2, 0) is 0 Å². The van der Waals surface area contributed by atoms with Gasteiger partial charge in [-0.15, -0.1) is 6.58 Å². The number of hydrogen-bond acceptors (Lipinski definition) is 2. The second kappa shape index (κ2) is 4.72. The predicted octanol–water partition coefficient (Wildman–Crippen LogP) is 3.85. The van der Waals surface area contributed by atoms with Crippen LogP contribution in [0, 0.1) is 12.7 Å². The highest BCUT2D eigenvalue weighted by Crippen LogP contribution is 2.30. The summed E-state index contributed by atoms with van der Waals surface area (Å²) in [6, 6.07) is 4.35. The summed E-state index contributed by atoms with van der Waals surface area (Å²) in [6.07, 6.45) is 3.45. The Bertz CT molecular complexity index is 544. The van der Waals surface area contributed by atoms with Gasteiger partial charge in [0.05, 0.1) is 6.04 Å². The monoisotopic (exact) mass is 233 g/mol. The molecule has 0 saturated carbocycles. The number of rotatable bonds is 4. The largest absolute Gasteiger partial charge is 0.459 e. The molecular formula is C14H16FNO. The van der Waals surface area contributed by atoms with Crippen molar-refractivity contribution in [2.45, 2.75) is 25.8 Å². The van der Waals surface area contributed by atoms with E-state index in [1.165, 1.54) is 12.1 Å². The first-order valence-electron chi connectivity index (χ1n) is 5.68. The van der Waals surface area contributed by atoms with Gasteiger partial charge >= 0.3 is 0 Å². The van der Waals surface area contributed by atoms with Crippen molar-refractivity contribution in [3.05, 3.63) is 48.0 Å². The number of nitrogens with two attached hydrogens (primary N) is 1. The van der Waals surface area contributed by atoms with Crippen LogP contribution in [-0.4, -0.2) is 0 Å². The molecule has 1 aromatic heterocycles. The molecule has 0 saturated heterocycles. The minimum absolute atomic E-state index is 0.163. The van der Waals surface area contributed by atoms with Crippen LogP contribution >= 0.6 is 0 Å². The standard InChI is InChI=1S/C14H16FNO/c1-3-4-5-12(16)14-9(2)11-8-10(15)6-7-13(11)17-14/h3,6-8,12H,1,4-5,16H2,2H3. The van der Waals surface area contributed by atoms with Gasteiger partial charge in [0.25, 0.3) is 0 Å². The van der Waals surface area contributed by atoms with Gasteiger partial charge in [0.2, 0.25) is 0 Å². The molecule has 2 nitrogen and oxygen atoms in total. The summed E-state index contributed by atoms with van der Waals surface area (Å²) in [4.78, 5) is 0. The third kappa shape index (κ3) is 2.24. The minimum atomic E-state index is -0.257. The van der Waals surface area contributed by atoms with Gasteiger partial charge in [-0.3, -0.25) is 0 Å². The van der Waals surface area contributed by atoms with Gasteiger partial charge in [0, 0.05) is 10.9 Å². The van der Waals surface area contributed by atoms with Crippen LogP contribution in [0.4, 0.5) is 4.39 Å². The summed E-state index contributed by atoms with van der Waals surface area (Å²) in [5, 5.41) is 0.800. The van der Waals surface area contributed by atoms with Crippen molar-refractivity contribution >= 4 is 11.0 Å². The van der Waals surface area contributed by atoms with Crippen LogP contribution in [0.1, 0.15) is 30.2 Å². The van der Waals surface area contributed by atoms with Crippen LogP contribution < -0.4 is 5.73 Å². The van der Waals surface area contributed by atoms with E-state index in [2.05, 4.69) is 6.58 Å². The summed E-state index contributed by atoms with van der Waals surface area (Å²) < 4.78 is 18.8. The average molecular weight is 233 g/mol. The summed E-state index contributed by atoms with van der Waals surface area (Å²) in [5.74, 6) is 0.486. The van der Waals surface area contributed by atoms with Crippen LogP contribution in [0.25, 0.3) is 11.0 Å². The third-order valence-corrected chi connectivity index (χ3v) is 2.95. The lowest BCUT2D eigenvalue weighted by Gasteiger charge is -2.07. The molecule has 1 unspecified atom stereocenters. The maximum Gasteiger partial charge on any atom is 0.134 e. The number of furan rings is 1. The molecular weight excluding hydrogens is 217 g/mol. The minimum Gasteiger partial charge on any atom is -0.459 e. The first-order valence-corrected chi connectivity index (χ1v) is 5.68. The SMILES string of the molecule is C=CCCC(N)c1oc2ccc(F)cc2c1C. The fraction of sp³-hybridized carbons (Fsp3) is 0.286. The Morgan fingerprint density at radius 2 is 2.29 bits per heavy atom. The molecule has 0 aliphatic heterocycles. The fourth-order valence-electron chi connectivity index (χ4n) is 1.99. The molecule has 3 heteroatoms. The average Bonchev–Trinajstić information content (AvgIpc) is 2.64. The Hall–Kier alpha value is -1.61. The number of aryl methyl sites for hydroxylation is 1. The zero-order valence-electron chi connectivity index (χ0n) is 9.87. The molecule has 0 aliphatic rings. The zero-order chi connectivity index (χ0) is 12.4. The van der Waals surface area contributed by atoms with Crippen molar-refractivity contribution in [2.75, 3.05) is 0 Å². The third-order valence-electron chi connectivity index (χ3n) is 2.95. The maximum absolute atomic E-state index is 13.1. The number of hydrogen-bond donors (Lipinski definition) is 1. The normalized spacial score (nSPS) is 12.9. The molecule has 2 N–H and O–H groups in total. The van der Waals surface area contributed by atoms with Crippen molar-refractivity contribution in [3.63, 3.8) is 0 Å². The van der Waals surface area contributed by atoms with Crippen molar-refractivity contribution in [1.29, 1.82) is 0 Å². The first kappa shape index (κ1) is 11.9. The summed E-state index contributed by atoms with van der Waals surface area (Å²) in [7, 11) is 0. The van der Waals surface area contributed by atoms with E-state index in [4.69, 9.17) is 10.2 Å². The molecule has 1 heterocycles. The quantitative estimate of drug-likeness (QED) is 0.815. The van der Waals surface area contributed by atoms with Crippen molar-refractivity contribution < 1.29 is 8.81 Å². The highest BCUT2D eigenvalue weighted by atomic mass is 19.1. The lowest BCUT2D eigenvalue weighted by molar-refractivity contribution is 0.476. The molecule has 2 aromatic rings. The smallest absolute Gasteiger partial charge is 0.134 e.